The molecule has 0 aliphatic carbocycles. The summed E-state index contributed by atoms with van der Waals surface area (Å²) in [5.74, 6) is -1.85. The molecule has 0 atom stereocenters. The summed E-state index contributed by atoms with van der Waals surface area (Å²) in [6.45, 7) is 1.95. The molecule has 156 valence electrons. The van der Waals surface area contributed by atoms with Gasteiger partial charge in [-0.3, -0.25) is 20.2 Å². The van der Waals surface area contributed by atoms with Gasteiger partial charge in [0, 0.05) is 17.0 Å². The Morgan fingerprint density at radius 3 is 2.70 bits per heavy atom. The molecule has 0 bridgehead atoms. The van der Waals surface area contributed by atoms with E-state index in [-0.39, 0.29) is 40.1 Å². The van der Waals surface area contributed by atoms with Crippen LogP contribution >= 0.6 is 11.3 Å². The standard InChI is InChI=1S/C19H15F2N3O5S/c1-3-29-17-8-15(24(26)27)12(7-16(17)28-2)18(25)23-19-22-14(9-30-19)11-6-10(20)4-5-13(11)21/h4-9H,3H2,1-2H3,(H,22,23,25). The van der Waals surface area contributed by atoms with Crippen molar-refractivity contribution in [3.05, 3.63) is 63.0 Å². The number of hydrogen-bond donors (Lipinski definition) is 1. The van der Waals surface area contributed by atoms with Gasteiger partial charge in [0.2, 0.25) is 0 Å². The van der Waals surface area contributed by atoms with Gasteiger partial charge in [0.15, 0.2) is 16.6 Å². The highest BCUT2D eigenvalue weighted by atomic mass is 32.1. The number of amides is 1. The fourth-order valence-electron chi connectivity index (χ4n) is 2.62. The van der Waals surface area contributed by atoms with Crippen LogP contribution in [0.1, 0.15) is 17.3 Å². The summed E-state index contributed by atoms with van der Waals surface area (Å²) in [6.07, 6.45) is 0. The van der Waals surface area contributed by atoms with E-state index >= 15 is 0 Å². The van der Waals surface area contributed by atoms with E-state index in [0.717, 1.165) is 35.6 Å². The summed E-state index contributed by atoms with van der Waals surface area (Å²) < 4.78 is 37.8. The first-order chi connectivity index (χ1) is 14.3. The van der Waals surface area contributed by atoms with Gasteiger partial charge in [0.25, 0.3) is 11.6 Å². The zero-order chi connectivity index (χ0) is 21.8. The van der Waals surface area contributed by atoms with Crippen LogP contribution < -0.4 is 14.8 Å². The van der Waals surface area contributed by atoms with Gasteiger partial charge in [0.1, 0.15) is 17.2 Å². The highest BCUT2D eigenvalue weighted by Crippen LogP contribution is 2.35. The molecule has 1 heterocycles. The summed E-state index contributed by atoms with van der Waals surface area (Å²) in [5.41, 5.74) is -0.703. The number of ether oxygens (including phenoxy) is 2. The largest absolute Gasteiger partial charge is 0.493 e. The molecule has 0 unspecified atom stereocenters. The van der Waals surface area contributed by atoms with Crippen LogP contribution in [0.4, 0.5) is 19.6 Å². The van der Waals surface area contributed by atoms with E-state index in [0.29, 0.717) is 0 Å². The lowest BCUT2D eigenvalue weighted by Gasteiger charge is -2.11. The van der Waals surface area contributed by atoms with Gasteiger partial charge in [-0.25, -0.2) is 13.8 Å². The zero-order valence-corrected chi connectivity index (χ0v) is 16.6. The van der Waals surface area contributed by atoms with E-state index in [1.54, 1.807) is 6.92 Å². The van der Waals surface area contributed by atoms with Crippen molar-refractivity contribution in [2.45, 2.75) is 6.92 Å². The number of carbonyl (C=O) groups excluding carboxylic acids is 1. The van der Waals surface area contributed by atoms with Gasteiger partial charge in [-0.2, -0.15) is 0 Å². The Balaban J connectivity index is 1.92. The van der Waals surface area contributed by atoms with Crippen LogP contribution in [0, 0.1) is 21.7 Å². The minimum absolute atomic E-state index is 0.0563. The summed E-state index contributed by atoms with van der Waals surface area (Å²) in [6, 6.07) is 5.23. The van der Waals surface area contributed by atoms with Crippen molar-refractivity contribution in [2.24, 2.45) is 0 Å². The molecule has 3 rings (SSSR count). The van der Waals surface area contributed by atoms with Gasteiger partial charge >= 0.3 is 0 Å². The molecule has 3 aromatic rings. The molecule has 0 fully saturated rings. The number of anilines is 1. The van der Waals surface area contributed by atoms with Crippen LogP contribution in [0.5, 0.6) is 11.5 Å². The topological polar surface area (TPSA) is 104 Å². The van der Waals surface area contributed by atoms with Crippen molar-refractivity contribution in [3.8, 4) is 22.8 Å². The quantitative estimate of drug-likeness (QED) is 0.428. The lowest BCUT2D eigenvalue weighted by Crippen LogP contribution is -2.14. The number of carbonyl (C=O) groups is 1. The maximum absolute atomic E-state index is 13.9. The van der Waals surface area contributed by atoms with Gasteiger partial charge in [0.05, 0.1) is 30.4 Å². The van der Waals surface area contributed by atoms with Crippen LogP contribution in [0.25, 0.3) is 11.3 Å². The molecular formula is C19H15F2N3O5S. The van der Waals surface area contributed by atoms with Crippen LogP contribution in [0.2, 0.25) is 0 Å². The first-order valence-electron chi connectivity index (χ1n) is 8.55. The molecule has 1 N–H and O–H groups in total. The van der Waals surface area contributed by atoms with Crippen molar-refractivity contribution < 1.29 is 28.0 Å². The molecule has 8 nitrogen and oxygen atoms in total. The van der Waals surface area contributed by atoms with Crippen molar-refractivity contribution in [1.29, 1.82) is 0 Å². The summed E-state index contributed by atoms with van der Waals surface area (Å²) in [4.78, 5) is 27.4. The number of benzene rings is 2. The van der Waals surface area contributed by atoms with Crippen molar-refractivity contribution >= 4 is 28.1 Å². The lowest BCUT2D eigenvalue weighted by atomic mass is 10.1. The SMILES string of the molecule is CCOc1cc([N+](=O)[O-])c(C(=O)Nc2nc(-c3cc(F)ccc3F)cs2)cc1OC. The first kappa shape index (κ1) is 21.1. The van der Waals surface area contributed by atoms with Crippen LogP contribution in [-0.2, 0) is 0 Å². The number of hydrogen-bond acceptors (Lipinski definition) is 7. The minimum Gasteiger partial charge on any atom is -0.493 e. The third kappa shape index (κ3) is 4.35. The summed E-state index contributed by atoms with van der Waals surface area (Å²) >= 11 is 0.959. The molecule has 11 heteroatoms. The first-order valence-corrected chi connectivity index (χ1v) is 9.43. The number of nitro benzene ring substituents is 1. The number of methoxy groups -OCH3 is 1. The maximum Gasteiger partial charge on any atom is 0.286 e. The van der Waals surface area contributed by atoms with E-state index in [9.17, 15) is 23.7 Å². The second-order valence-electron chi connectivity index (χ2n) is 5.83. The monoisotopic (exact) mass is 435 g/mol. The molecule has 1 aromatic heterocycles. The van der Waals surface area contributed by atoms with Gasteiger partial charge in [-0.15, -0.1) is 11.3 Å². The Bertz CT molecular complexity index is 1120. The Morgan fingerprint density at radius 2 is 2.03 bits per heavy atom. The number of nitrogens with zero attached hydrogens (tertiary/aromatic N) is 2. The molecule has 1 amide bonds. The molecule has 0 saturated heterocycles. The number of thiazole rings is 1. The number of rotatable bonds is 7. The van der Waals surface area contributed by atoms with Crippen molar-refractivity contribution in [3.63, 3.8) is 0 Å². The van der Waals surface area contributed by atoms with E-state index in [4.69, 9.17) is 9.47 Å². The molecule has 0 saturated carbocycles. The number of aromatic nitrogens is 1. The van der Waals surface area contributed by atoms with E-state index in [1.807, 2.05) is 0 Å². The van der Waals surface area contributed by atoms with Crippen LogP contribution in [0.15, 0.2) is 35.7 Å². The Morgan fingerprint density at radius 1 is 1.27 bits per heavy atom. The smallest absolute Gasteiger partial charge is 0.286 e. The van der Waals surface area contributed by atoms with Crippen LogP contribution in [-0.4, -0.2) is 29.5 Å². The second kappa shape index (κ2) is 8.82. The summed E-state index contributed by atoms with van der Waals surface area (Å²) in [5, 5.41) is 15.4. The Hall–Kier alpha value is -3.60. The van der Waals surface area contributed by atoms with Gasteiger partial charge in [-0.1, -0.05) is 0 Å². The number of nitro groups is 1. The van der Waals surface area contributed by atoms with Crippen molar-refractivity contribution in [2.75, 3.05) is 19.0 Å². The van der Waals surface area contributed by atoms with Crippen molar-refractivity contribution in [1.82, 2.24) is 4.98 Å². The summed E-state index contributed by atoms with van der Waals surface area (Å²) in [7, 11) is 1.34. The minimum atomic E-state index is -0.816. The lowest BCUT2D eigenvalue weighted by molar-refractivity contribution is -0.385. The highest BCUT2D eigenvalue weighted by molar-refractivity contribution is 7.14. The van der Waals surface area contributed by atoms with Crippen LogP contribution in [0.3, 0.4) is 0 Å². The van der Waals surface area contributed by atoms with E-state index in [2.05, 4.69) is 10.3 Å². The molecular weight excluding hydrogens is 420 g/mol. The highest BCUT2D eigenvalue weighted by Gasteiger charge is 2.25. The molecule has 2 aromatic carbocycles. The number of halogens is 2. The second-order valence-corrected chi connectivity index (χ2v) is 6.68. The zero-order valence-electron chi connectivity index (χ0n) is 15.8. The van der Waals surface area contributed by atoms with E-state index in [1.165, 1.54) is 18.6 Å². The number of nitrogens with one attached hydrogen (secondary N) is 1. The normalized spacial score (nSPS) is 10.5. The predicted molar refractivity (Wildman–Crippen MR) is 106 cm³/mol. The fourth-order valence-corrected chi connectivity index (χ4v) is 3.33. The van der Waals surface area contributed by atoms with Gasteiger partial charge < -0.3 is 9.47 Å². The fraction of sp³-hybridized carbons (Fsp3) is 0.158. The maximum atomic E-state index is 13.9. The molecule has 0 spiro atoms. The molecule has 0 aliphatic rings. The Kier molecular flexibility index (Phi) is 6.21. The third-order valence-electron chi connectivity index (χ3n) is 3.95. The average Bonchev–Trinajstić information content (AvgIpc) is 3.17. The Labute approximate surface area is 173 Å². The molecule has 0 radical (unpaired) electrons. The molecule has 0 aliphatic heterocycles. The van der Waals surface area contributed by atoms with E-state index < -0.39 is 28.2 Å². The average molecular weight is 435 g/mol. The predicted octanol–water partition coefficient (Wildman–Crippen LogP) is 4.66. The van der Waals surface area contributed by atoms with Gasteiger partial charge in [-0.05, 0) is 25.1 Å². The molecule has 30 heavy (non-hydrogen) atoms. The third-order valence-corrected chi connectivity index (χ3v) is 4.71.